The zero-order valence-corrected chi connectivity index (χ0v) is 13.1. The van der Waals surface area contributed by atoms with Crippen LogP contribution in [0.1, 0.15) is 27.2 Å². The van der Waals surface area contributed by atoms with Gasteiger partial charge in [-0.05, 0) is 27.2 Å². The predicted octanol–water partition coefficient (Wildman–Crippen LogP) is 1.60. The van der Waals surface area contributed by atoms with Crippen LogP contribution in [0.3, 0.4) is 0 Å². The van der Waals surface area contributed by atoms with E-state index in [9.17, 15) is 0 Å². The summed E-state index contributed by atoms with van der Waals surface area (Å²) in [6.45, 7) is 8.69. The summed E-state index contributed by atoms with van der Waals surface area (Å²) in [5.41, 5.74) is 0. The van der Waals surface area contributed by atoms with Gasteiger partial charge in [0.25, 0.3) is 0 Å². The molecular weight excluding hydrogens is 256 g/mol. The van der Waals surface area contributed by atoms with Gasteiger partial charge in [-0.1, -0.05) is 0 Å². The fourth-order valence-electron chi connectivity index (χ4n) is 1.78. The zero-order chi connectivity index (χ0) is 15.0. The quantitative estimate of drug-likeness (QED) is 0.712. The number of nitrogens with zero attached hydrogens (tertiary/aromatic N) is 4. The van der Waals surface area contributed by atoms with E-state index in [-0.39, 0.29) is 6.04 Å². The lowest BCUT2D eigenvalue weighted by Crippen LogP contribution is -2.26. The molecule has 0 spiro atoms. The molecule has 0 aliphatic rings. The second kappa shape index (κ2) is 8.52. The summed E-state index contributed by atoms with van der Waals surface area (Å²) in [6.07, 6.45) is 0.900. The monoisotopic (exact) mass is 282 g/mol. The molecule has 0 fully saturated rings. The maximum Gasteiger partial charge on any atom is 0.231 e. The van der Waals surface area contributed by atoms with Crippen molar-refractivity contribution in [2.24, 2.45) is 0 Å². The molecule has 0 amide bonds. The molecule has 7 heteroatoms. The first kappa shape index (κ1) is 16.4. The Kier molecular flexibility index (Phi) is 7.00. The van der Waals surface area contributed by atoms with E-state index in [0.717, 1.165) is 19.5 Å². The van der Waals surface area contributed by atoms with Crippen molar-refractivity contribution in [2.75, 3.05) is 49.4 Å². The Bertz CT molecular complexity index is 396. The fraction of sp³-hybridized carbons (Fsp3) is 0.769. The van der Waals surface area contributed by atoms with E-state index in [4.69, 9.17) is 4.74 Å². The summed E-state index contributed by atoms with van der Waals surface area (Å²) in [5, 5.41) is 6.26. The van der Waals surface area contributed by atoms with Crippen LogP contribution in [-0.2, 0) is 4.74 Å². The molecule has 1 atom stereocenters. The van der Waals surface area contributed by atoms with Crippen LogP contribution in [0, 0.1) is 0 Å². The number of nitrogens with one attached hydrogen (secondary N) is 2. The van der Waals surface area contributed by atoms with Crippen LogP contribution in [-0.4, -0.2) is 54.8 Å². The molecule has 0 bridgehead atoms. The molecule has 0 saturated carbocycles. The van der Waals surface area contributed by atoms with Crippen molar-refractivity contribution in [3.63, 3.8) is 0 Å². The topological polar surface area (TPSA) is 75.2 Å². The molecule has 1 unspecified atom stereocenters. The van der Waals surface area contributed by atoms with E-state index >= 15 is 0 Å². The normalized spacial score (nSPS) is 12.1. The zero-order valence-electron chi connectivity index (χ0n) is 13.1. The van der Waals surface area contributed by atoms with Crippen molar-refractivity contribution in [2.45, 2.75) is 33.2 Å². The summed E-state index contributed by atoms with van der Waals surface area (Å²) < 4.78 is 5.08. The van der Waals surface area contributed by atoms with Gasteiger partial charge in [0.05, 0.1) is 0 Å². The van der Waals surface area contributed by atoms with Gasteiger partial charge in [-0.15, -0.1) is 0 Å². The van der Waals surface area contributed by atoms with Crippen LogP contribution < -0.4 is 15.5 Å². The molecule has 2 N–H and O–H groups in total. The van der Waals surface area contributed by atoms with E-state index in [1.807, 2.05) is 0 Å². The first-order valence-corrected chi connectivity index (χ1v) is 7.08. The van der Waals surface area contributed by atoms with Crippen LogP contribution in [0.2, 0.25) is 0 Å². The van der Waals surface area contributed by atoms with Crippen LogP contribution in [0.5, 0.6) is 0 Å². The van der Waals surface area contributed by atoms with Gasteiger partial charge in [-0.25, -0.2) is 0 Å². The summed E-state index contributed by atoms with van der Waals surface area (Å²) >= 11 is 0. The third kappa shape index (κ3) is 4.80. The van der Waals surface area contributed by atoms with Crippen molar-refractivity contribution in [3.05, 3.63) is 0 Å². The molecule has 0 aliphatic heterocycles. The Morgan fingerprint density at radius 2 is 1.80 bits per heavy atom. The van der Waals surface area contributed by atoms with Gasteiger partial charge in [0, 0.05) is 39.9 Å². The minimum absolute atomic E-state index is 0.242. The van der Waals surface area contributed by atoms with E-state index in [1.165, 1.54) is 0 Å². The maximum atomic E-state index is 5.08. The lowest BCUT2D eigenvalue weighted by atomic mass is 10.2. The molecule has 1 heterocycles. The number of aromatic nitrogens is 3. The highest BCUT2D eigenvalue weighted by atomic mass is 16.5. The first-order valence-electron chi connectivity index (χ1n) is 7.08. The molecule has 7 nitrogen and oxygen atoms in total. The van der Waals surface area contributed by atoms with Crippen molar-refractivity contribution in [1.82, 2.24) is 15.0 Å². The fourth-order valence-corrected chi connectivity index (χ4v) is 1.78. The minimum atomic E-state index is 0.242. The molecule has 0 radical (unpaired) electrons. The highest BCUT2D eigenvalue weighted by Gasteiger charge is 2.12. The lowest BCUT2D eigenvalue weighted by molar-refractivity contribution is 0.191. The summed E-state index contributed by atoms with van der Waals surface area (Å²) in [4.78, 5) is 15.3. The van der Waals surface area contributed by atoms with Crippen LogP contribution in [0.15, 0.2) is 0 Å². The van der Waals surface area contributed by atoms with Gasteiger partial charge >= 0.3 is 0 Å². The molecule has 1 rings (SSSR count). The van der Waals surface area contributed by atoms with Crippen LogP contribution in [0.25, 0.3) is 0 Å². The molecule has 0 saturated heterocycles. The molecule has 114 valence electrons. The Labute approximate surface area is 121 Å². The summed E-state index contributed by atoms with van der Waals surface area (Å²) in [5.74, 6) is 1.86. The van der Waals surface area contributed by atoms with Gasteiger partial charge in [0.1, 0.15) is 0 Å². The number of ether oxygens (including phenoxy) is 1. The number of anilines is 3. The lowest BCUT2D eigenvalue weighted by Gasteiger charge is -2.20. The largest absolute Gasteiger partial charge is 0.385 e. The maximum absolute atomic E-state index is 5.08. The Morgan fingerprint density at radius 3 is 2.35 bits per heavy atom. The summed E-state index contributed by atoms with van der Waals surface area (Å²) in [6, 6.07) is 0.242. The van der Waals surface area contributed by atoms with Gasteiger partial charge in [-0.3, -0.25) is 0 Å². The highest BCUT2D eigenvalue weighted by Crippen LogP contribution is 2.14. The number of hydrogen-bond donors (Lipinski definition) is 2. The Morgan fingerprint density at radius 1 is 1.15 bits per heavy atom. The van der Waals surface area contributed by atoms with E-state index in [0.29, 0.717) is 24.5 Å². The van der Waals surface area contributed by atoms with Gasteiger partial charge in [0.15, 0.2) is 0 Å². The molecule has 20 heavy (non-hydrogen) atoms. The Hall–Kier alpha value is -1.63. The first-order chi connectivity index (χ1) is 9.64. The van der Waals surface area contributed by atoms with E-state index in [2.05, 4.69) is 51.3 Å². The van der Waals surface area contributed by atoms with E-state index in [1.54, 1.807) is 14.2 Å². The summed E-state index contributed by atoms with van der Waals surface area (Å²) in [7, 11) is 3.51. The van der Waals surface area contributed by atoms with Crippen LogP contribution >= 0.6 is 0 Å². The molecule has 0 aliphatic carbocycles. The number of methoxy groups -OCH3 is 1. The standard InChI is InChI=1S/C13H26N6O/c1-6-19(7-2)13-17-11(14-4)16-12(18-13)15-10(3)8-9-20-5/h10H,6-9H2,1-5H3,(H2,14,15,16,17,18). The molecular formula is C13H26N6O. The predicted molar refractivity (Wildman–Crippen MR) is 82.5 cm³/mol. The molecule has 0 aromatic carbocycles. The van der Waals surface area contributed by atoms with Crippen molar-refractivity contribution < 1.29 is 4.74 Å². The average molecular weight is 282 g/mol. The third-order valence-corrected chi connectivity index (χ3v) is 3.02. The van der Waals surface area contributed by atoms with Gasteiger partial charge in [-0.2, -0.15) is 15.0 Å². The molecule has 1 aromatic rings. The average Bonchev–Trinajstić information content (AvgIpc) is 2.46. The van der Waals surface area contributed by atoms with Gasteiger partial charge < -0.3 is 20.3 Å². The SMILES string of the molecule is CCN(CC)c1nc(NC)nc(NC(C)CCOC)n1. The number of hydrogen-bond acceptors (Lipinski definition) is 7. The third-order valence-electron chi connectivity index (χ3n) is 3.02. The second-order valence-corrected chi connectivity index (χ2v) is 4.53. The molecule has 1 aromatic heterocycles. The van der Waals surface area contributed by atoms with Gasteiger partial charge in [0.2, 0.25) is 17.8 Å². The van der Waals surface area contributed by atoms with Crippen molar-refractivity contribution >= 4 is 17.8 Å². The van der Waals surface area contributed by atoms with Crippen molar-refractivity contribution in [1.29, 1.82) is 0 Å². The number of rotatable bonds is 9. The Balaban J connectivity index is 2.87. The van der Waals surface area contributed by atoms with E-state index < -0.39 is 0 Å². The van der Waals surface area contributed by atoms with Crippen LogP contribution in [0.4, 0.5) is 17.8 Å². The second-order valence-electron chi connectivity index (χ2n) is 4.53. The van der Waals surface area contributed by atoms with Crippen molar-refractivity contribution in [3.8, 4) is 0 Å². The minimum Gasteiger partial charge on any atom is -0.385 e. The highest BCUT2D eigenvalue weighted by molar-refractivity contribution is 5.43. The smallest absolute Gasteiger partial charge is 0.231 e.